The van der Waals surface area contributed by atoms with E-state index in [2.05, 4.69) is 10.6 Å². The second kappa shape index (κ2) is 6.64. The van der Waals surface area contributed by atoms with Crippen LogP contribution in [0.15, 0.2) is 12.1 Å². The van der Waals surface area contributed by atoms with Gasteiger partial charge in [-0.25, -0.2) is 0 Å². The van der Waals surface area contributed by atoms with E-state index in [9.17, 15) is 14.9 Å². The van der Waals surface area contributed by atoms with Gasteiger partial charge in [0.1, 0.15) is 5.69 Å². The molecule has 0 aliphatic carbocycles. The number of aryl methyl sites for hydroxylation is 2. The topological polar surface area (TPSA) is 93.5 Å². The van der Waals surface area contributed by atoms with Crippen LogP contribution in [0.25, 0.3) is 0 Å². The first-order chi connectivity index (χ1) is 9.97. The van der Waals surface area contributed by atoms with Gasteiger partial charge >= 0.3 is 0 Å². The van der Waals surface area contributed by atoms with Gasteiger partial charge in [-0.1, -0.05) is 0 Å². The molecule has 1 atom stereocenters. The lowest BCUT2D eigenvalue weighted by Crippen LogP contribution is -2.40. The molecule has 0 spiro atoms. The Morgan fingerprint density at radius 1 is 1.48 bits per heavy atom. The number of carbonyl (C=O) groups excluding carboxylic acids is 1. The number of morpholine rings is 1. The van der Waals surface area contributed by atoms with Gasteiger partial charge in [0.15, 0.2) is 0 Å². The van der Waals surface area contributed by atoms with Crippen molar-refractivity contribution in [3.05, 3.63) is 33.4 Å². The van der Waals surface area contributed by atoms with Crippen LogP contribution in [0.3, 0.4) is 0 Å². The molecule has 0 bridgehead atoms. The molecule has 21 heavy (non-hydrogen) atoms. The Bertz CT molecular complexity index is 553. The van der Waals surface area contributed by atoms with Gasteiger partial charge in [0, 0.05) is 19.2 Å². The van der Waals surface area contributed by atoms with E-state index in [-0.39, 0.29) is 29.8 Å². The van der Waals surface area contributed by atoms with E-state index in [1.807, 2.05) is 6.92 Å². The van der Waals surface area contributed by atoms with Crippen molar-refractivity contribution in [3.8, 4) is 0 Å². The van der Waals surface area contributed by atoms with Crippen LogP contribution in [0.2, 0.25) is 0 Å². The number of nitro groups is 1. The number of hydrogen-bond donors (Lipinski definition) is 2. The van der Waals surface area contributed by atoms with Crippen molar-refractivity contribution >= 4 is 17.3 Å². The van der Waals surface area contributed by atoms with Gasteiger partial charge in [0.2, 0.25) is 5.91 Å². The standard InChI is InChI=1S/C14H19N3O4/c1-9-5-12(13(17(19)20)6-10(9)2)16-14(18)7-11-8-15-3-4-21-11/h5-6,11,15H,3-4,7-8H2,1-2H3,(H,16,18). The van der Waals surface area contributed by atoms with E-state index in [1.165, 1.54) is 6.07 Å². The summed E-state index contributed by atoms with van der Waals surface area (Å²) in [7, 11) is 0. The largest absolute Gasteiger partial charge is 0.375 e. The Balaban J connectivity index is 2.09. The quantitative estimate of drug-likeness (QED) is 0.648. The molecule has 1 aromatic carbocycles. The Morgan fingerprint density at radius 2 is 2.19 bits per heavy atom. The van der Waals surface area contributed by atoms with Crippen molar-refractivity contribution in [1.29, 1.82) is 0 Å². The molecule has 7 nitrogen and oxygen atoms in total. The Hall–Kier alpha value is -1.99. The maximum Gasteiger partial charge on any atom is 0.293 e. The summed E-state index contributed by atoms with van der Waals surface area (Å²) in [6.45, 7) is 5.61. The smallest absolute Gasteiger partial charge is 0.293 e. The van der Waals surface area contributed by atoms with Crippen LogP contribution in [0.4, 0.5) is 11.4 Å². The molecule has 1 aliphatic heterocycles. The van der Waals surface area contributed by atoms with Gasteiger partial charge in [-0.3, -0.25) is 14.9 Å². The van der Waals surface area contributed by atoms with Crippen LogP contribution in [-0.2, 0) is 9.53 Å². The second-order valence-electron chi connectivity index (χ2n) is 5.16. The molecule has 1 unspecified atom stereocenters. The zero-order valence-electron chi connectivity index (χ0n) is 12.1. The maximum absolute atomic E-state index is 12.0. The van der Waals surface area contributed by atoms with Crippen molar-refractivity contribution in [2.75, 3.05) is 25.0 Å². The first-order valence-electron chi connectivity index (χ1n) is 6.85. The number of benzene rings is 1. The van der Waals surface area contributed by atoms with Gasteiger partial charge in [-0.2, -0.15) is 0 Å². The summed E-state index contributed by atoms with van der Waals surface area (Å²) >= 11 is 0. The predicted molar refractivity (Wildman–Crippen MR) is 78.4 cm³/mol. The molecule has 7 heteroatoms. The lowest BCUT2D eigenvalue weighted by molar-refractivity contribution is -0.384. The summed E-state index contributed by atoms with van der Waals surface area (Å²) in [5.41, 5.74) is 1.86. The molecule has 0 aromatic heterocycles. The molecule has 0 saturated carbocycles. The highest BCUT2D eigenvalue weighted by Gasteiger charge is 2.21. The van der Waals surface area contributed by atoms with Crippen LogP contribution in [0.5, 0.6) is 0 Å². The molecular formula is C14H19N3O4. The Kier molecular flexibility index (Phi) is 4.87. The predicted octanol–water partition coefficient (Wildman–Crippen LogP) is 1.53. The number of nitro benzene ring substituents is 1. The number of hydrogen-bond acceptors (Lipinski definition) is 5. The molecule has 2 N–H and O–H groups in total. The molecule has 2 rings (SSSR count). The van der Waals surface area contributed by atoms with Crippen molar-refractivity contribution in [2.45, 2.75) is 26.4 Å². The van der Waals surface area contributed by atoms with Crippen molar-refractivity contribution in [2.24, 2.45) is 0 Å². The monoisotopic (exact) mass is 293 g/mol. The second-order valence-corrected chi connectivity index (χ2v) is 5.16. The minimum absolute atomic E-state index is 0.0888. The van der Waals surface area contributed by atoms with Gasteiger partial charge in [-0.15, -0.1) is 0 Å². The number of rotatable bonds is 4. The summed E-state index contributed by atoms with van der Waals surface area (Å²) in [6.07, 6.45) is -0.0128. The third kappa shape index (κ3) is 3.99. The van der Waals surface area contributed by atoms with Gasteiger partial charge in [0.25, 0.3) is 5.69 Å². The molecule has 1 heterocycles. The van der Waals surface area contributed by atoms with E-state index in [4.69, 9.17) is 4.74 Å². The molecular weight excluding hydrogens is 274 g/mol. The van der Waals surface area contributed by atoms with E-state index in [1.54, 1.807) is 13.0 Å². The molecule has 1 saturated heterocycles. The third-order valence-corrected chi connectivity index (χ3v) is 3.50. The fourth-order valence-corrected chi connectivity index (χ4v) is 2.21. The summed E-state index contributed by atoms with van der Waals surface area (Å²) < 4.78 is 5.45. The number of ether oxygens (including phenoxy) is 1. The zero-order valence-corrected chi connectivity index (χ0v) is 12.1. The van der Waals surface area contributed by atoms with Crippen molar-refractivity contribution in [1.82, 2.24) is 5.32 Å². The number of anilines is 1. The van der Waals surface area contributed by atoms with Crippen LogP contribution < -0.4 is 10.6 Å². The summed E-state index contributed by atoms with van der Waals surface area (Å²) in [5, 5.41) is 16.8. The molecule has 114 valence electrons. The van der Waals surface area contributed by atoms with Crippen LogP contribution in [-0.4, -0.2) is 36.6 Å². The SMILES string of the molecule is Cc1cc(NC(=O)CC2CNCCO2)c([N+](=O)[O-])cc1C. The highest BCUT2D eigenvalue weighted by atomic mass is 16.6. The Morgan fingerprint density at radius 3 is 2.81 bits per heavy atom. The molecule has 1 fully saturated rings. The Labute approximate surface area is 122 Å². The minimum atomic E-state index is -0.485. The first kappa shape index (κ1) is 15.4. The van der Waals surface area contributed by atoms with E-state index < -0.39 is 4.92 Å². The average molecular weight is 293 g/mol. The van der Waals surface area contributed by atoms with Crippen LogP contribution >= 0.6 is 0 Å². The molecule has 1 aromatic rings. The first-order valence-corrected chi connectivity index (χ1v) is 6.85. The van der Waals surface area contributed by atoms with Gasteiger partial charge in [-0.05, 0) is 31.0 Å². The van der Waals surface area contributed by atoms with Crippen molar-refractivity contribution in [3.63, 3.8) is 0 Å². The fourth-order valence-electron chi connectivity index (χ4n) is 2.21. The van der Waals surface area contributed by atoms with Gasteiger partial charge in [0.05, 0.1) is 24.1 Å². The number of nitrogens with zero attached hydrogens (tertiary/aromatic N) is 1. The van der Waals surface area contributed by atoms with E-state index in [0.29, 0.717) is 13.2 Å². The highest BCUT2D eigenvalue weighted by Crippen LogP contribution is 2.28. The van der Waals surface area contributed by atoms with E-state index >= 15 is 0 Å². The highest BCUT2D eigenvalue weighted by molar-refractivity contribution is 5.93. The van der Waals surface area contributed by atoms with Crippen LogP contribution in [0, 0.1) is 24.0 Å². The third-order valence-electron chi connectivity index (χ3n) is 3.50. The normalized spacial score (nSPS) is 18.3. The number of carbonyl (C=O) groups is 1. The number of nitrogens with one attached hydrogen (secondary N) is 2. The molecule has 1 amide bonds. The zero-order chi connectivity index (χ0) is 15.4. The van der Waals surface area contributed by atoms with E-state index in [0.717, 1.165) is 17.7 Å². The fraction of sp³-hybridized carbons (Fsp3) is 0.500. The van der Waals surface area contributed by atoms with Crippen LogP contribution in [0.1, 0.15) is 17.5 Å². The molecule has 0 radical (unpaired) electrons. The lowest BCUT2D eigenvalue weighted by atomic mass is 10.1. The van der Waals surface area contributed by atoms with Gasteiger partial charge < -0.3 is 15.4 Å². The maximum atomic E-state index is 12.0. The lowest BCUT2D eigenvalue weighted by Gasteiger charge is -2.23. The molecule has 1 aliphatic rings. The minimum Gasteiger partial charge on any atom is -0.375 e. The summed E-state index contributed by atoms with van der Waals surface area (Å²) in [6, 6.07) is 3.11. The summed E-state index contributed by atoms with van der Waals surface area (Å²) in [4.78, 5) is 22.6. The average Bonchev–Trinajstić information content (AvgIpc) is 2.43. The van der Waals surface area contributed by atoms with Crippen molar-refractivity contribution < 1.29 is 14.5 Å². The summed E-state index contributed by atoms with van der Waals surface area (Å²) in [5.74, 6) is -0.282. The number of amides is 1.